The Morgan fingerprint density at radius 1 is 0.578 bits per heavy atom. The van der Waals surface area contributed by atoms with Gasteiger partial charge >= 0.3 is 0 Å². The molecule has 9 N–H and O–H groups in total. The van der Waals surface area contributed by atoms with Crippen molar-refractivity contribution in [3.8, 4) is 0 Å². The van der Waals surface area contributed by atoms with E-state index in [2.05, 4.69) is 73.8 Å². The predicted octanol–water partition coefficient (Wildman–Crippen LogP) is 5.43. The predicted molar refractivity (Wildman–Crippen MR) is 249 cm³/mol. The summed E-state index contributed by atoms with van der Waals surface area (Å²) in [6.45, 7) is 2.54. The zero-order valence-corrected chi connectivity index (χ0v) is 38.5. The standard InChI is InChI=1S/C50H83NO13/c1-3-5-7-9-11-13-15-17-19-21-23-25-27-29-31-33-39(54)38(51-42(55)34-32-30-28-26-24-22-20-18-16-14-12-10-8-6-4-2)37-61-49-47(60)45(58)48(41(36-53)63-49)64-50-46(59)44(57)43(56)40(35-52)62-50/h6,8,12,14,18,20,23-26,30-33,38-41,43-50,52-54,56-60H,3-5,7,9-11,13,15-17,19,21-22,27-29,34-37H2,1-2H3,(H,51,55)/b8-6-,14-12-,20-18-,25-23+,26-24-,32-30-,33-31+. The molecule has 14 heteroatoms. The zero-order valence-electron chi connectivity index (χ0n) is 38.5. The van der Waals surface area contributed by atoms with Crippen LogP contribution in [0.2, 0.25) is 0 Å². The monoisotopic (exact) mass is 906 g/mol. The summed E-state index contributed by atoms with van der Waals surface area (Å²) in [6.07, 6.45) is 29.4. The van der Waals surface area contributed by atoms with Gasteiger partial charge in [-0.2, -0.15) is 0 Å². The molecule has 1 amide bonds. The molecule has 2 saturated heterocycles. The van der Waals surface area contributed by atoms with Gasteiger partial charge in [-0.15, -0.1) is 0 Å². The molecule has 0 saturated carbocycles. The van der Waals surface area contributed by atoms with Gasteiger partial charge < -0.3 is 65.1 Å². The van der Waals surface area contributed by atoms with Crippen LogP contribution in [0.3, 0.4) is 0 Å². The number of rotatable bonds is 34. The molecule has 2 rings (SSSR count). The van der Waals surface area contributed by atoms with E-state index < -0.39 is 86.8 Å². The number of allylic oxidation sites excluding steroid dienone is 12. The zero-order chi connectivity index (χ0) is 46.8. The van der Waals surface area contributed by atoms with E-state index in [4.69, 9.17) is 18.9 Å². The maximum Gasteiger partial charge on any atom is 0.224 e. The largest absolute Gasteiger partial charge is 0.394 e. The Bertz CT molecular complexity index is 1400. The smallest absolute Gasteiger partial charge is 0.224 e. The molecule has 0 radical (unpaired) electrons. The lowest BCUT2D eigenvalue weighted by Crippen LogP contribution is -2.65. The van der Waals surface area contributed by atoms with Gasteiger partial charge in [0.25, 0.3) is 0 Å². The Labute approximate surface area is 382 Å². The van der Waals surface area contributed by atoms with Gasteiger partial charge in [-0.3, -0.25) is 4.79 Å². The first kappa shape index (κ1) is 57.3. The maximum absolute atomic E-state index is 13.1. The summed E-state index contributed by atoms with van der Waals surface area (Å²) in [4.78, 5) is 13.1. The van der Waals surface area contributed by atoms with Crippen LogP contribution in [-0.4, -0.2) is 140 Å². The van der Waals surface area contributed by atoms with Crippen LogP contribution >= 0.6 is 0 Å². The summed E-state index contributed by atoms with van der Waals surface area (Å²) in [5, 5.41) is 86.4. The third kappa shape index (κ3) is 23.6. The lowest BCUT2D eigenvalue weighted by molar-refractivity contribution is -0.359. The van der Waals surface area contributed by atoms with E-state index in [0.717, 1.165) is 38.5 Å². The van der Waals surface area contributed by atoms with Gasteiger partial charge in [0.15, 0.2) is 12.6 Å². The quantitative estimate of drug-likeness (QED) is 0.0291. The van der Waals surface area contributed by atoms with Gasteiger partial charge in [0.1, 0.15) is 48.8 Å². The summed E-state index contributed by atoms with van der Waals surface area (Å²) >= 11 is 0. The highest BCUT2D eigenvalue weighted by atomic mass is 16.7. The van der Waals surface area contributed by atoms with E-state index in [0.29, 0.717) is 12.8 Å². The first-order valence-electron chi connectivity index (χ1n) is 23.8. The molecule has 2 aliphatic rings. The third-order valence-corrected chi connectivity index (χ3v) is 11.1. The minimum Gasteiger partial charge on any atom is -0.394 e. The van der Waals surface area contributed by atoms with Crippen molar-refractivity contribution in [2.45, 2.75) is 203 Å². The summed E-state index contributed by atoms with van der Waals surface area (Å²) in [7, 11) is 0. The Hall–Kier alpha value is -2.83. The number of unbranched alkanes of at least 4 members (excludes halogenated alkanes) is 10. The molecular formula is C50H83NO13. The molecule has 0 aromatic carbocycles. The third-order valence-electron chi connectivity index (χ3n) is 11.1. The van der Waals surface area contributed by atoms with Crippen molar-refractivity contribution in [1.29, 1.82) is 0 Å². The molecule has 12 atom stereocenters. The second-order valence-electron chi connectivity index (χ2n) is 16.5. The number of aliphatic hydroxyl groups is 8. The number of aliphatic hydroxyl groups excluding tert-OH is 8. The van der Waals surface area contributed by atoms with Gasteiger partial charge in [-0.1, -0.05) is 150 Å². The van der Waals surface area contributed by atoms with Crippen molar-refractivity contribution in [3.63, 3.8) is 0 Å². The highest BCUT2D eigenvalue weighted by Gasteiger charge is 2.50. The van der Waals surface area contributed by atoms with Crippen LogP contribution in [0.25, 0.3) is 0 Å². The number of amides is 1. The fraction of sp³-hybridized carbons (Fsp3) is 0.700. The lowest BCUT2D eigenvalue weighted by Gasteiger charge is -2.46. The van der Waals surface area contributed by atoms with Gasteiger partial charge in [0.2, 0.25) is 5.91 Å². The topological polar surface area (TPSA) is 228 Å². The summed E-state index contributed by atoms with van der Waals surface area (Å²) in [5.41, 5.74) is 0. The number of carbonyl (C=O) groups excluding carboxylic acids is 1. The van der Waals surface area contributed by atoms with Gasteiger partial charge in [-0.05, 0) is 57.8 Å². The minimum absolute atomic E-state index is 0.0367. The number of carbonyl (C=O) groups is 1. The molecular weight excluding hydrogens is 823 g/mol. The molecule has 2 aliphatic heterocycles. The number of hydrogen-bond donors (Lipinski definition) is 9. The molecule has 0 aromatic rings. The van der Waals surface area contributed by atoms with E-state index in [1.54, 1.807) is 12.2 Å². The van der Waals surface area contributed by atoms with Gasteiger partial charge in [0.05, 0.1) is 32.0 Å². The van der Waals surface area contributed by atoms with Crippen LogP contribution in [0.4, 0.5) is 0 Å². The Morgan fingerprint density at radius 3 is 1.69 bits per heavy atom. The van der Waals surface area contributed by atoms with Crippen molar-refractivity contribution in [1.82, 2.24) is 5.32 Å². The van der Waals surface area contributed by atoms with Crippen molar-refractivity contribution in [2.75, 3.05) is 19.8 Å². The lowest BCUT2D eigenvalue weighted by atomic mass is 9.97. The highest BCUT2D eigenvalue weighted by Crippen LogP contribution is 2.30. The molecule has 64 heavy (non-hydrogen) atoms. The van der Waals surface area contributed by atoms with E-state index >= 15 is 0 Å². The van der Waals surface area contributed by atoms with E-state index in [9.17, 15) is 45.6 Å². The molecule has 2 heterocycles. The SMILES string of the molecule is CC/C=C\C/C=C\C/C=C\C/C=C\C/C=C\CC(=O)NC(COC1OC(CO)C(OC2OC(CO)C(O)C(O)C2O)C(O)C1O)C(O)/C=C/CC/C=C/CCCCCCCCCCC. The van der Waals surface area contributed by atoms with Crippen LogP contribution in [-0.2, 0) is 23.7 Å². The second kappa shape index (κ2) is 36.3. The van der Waals surface area contributed by atoms with Crippen LogP contribution in [0.5, 0.6) is 0 Å². The van der Waals surface area contributed by atoms with Crippen molar-refractivity contribution in [2.24, 2.45) is 0 Å². The Kier molecular flexibility index (Phi) is 32.5. The molecule has 366 valence electrons. The summed E-state index contributed by atoms with van der Waals surface area (Å²) < 4.78 is 22.6. The van der Waals surface area contributed by atoms with Crippen molar-refractivity contribution < 1.29 is 64.6 Å². The first-order chi connectivity index (χ1) is 31.1. The number of nitrogens with one attached hydrogen (secondary N) is 1. The fourth-order valence-corrected chi connectivity index (χ4v) is 7.19. The van der Waals surface area contributed by atoms with E-state index in [1.807, 2.05) is 18.2 Å². The number of ether oxygens (including phenoxy) is 4. The fourth-order valence-electron chi connectivity index (χ4n) is 7.19. The van der Waals surface area contributed by atoms with E-state index in [1.165, 1.54) is 57.8 Å². The first-order valence-corrected chi connectivity index (χ1v) is 23.8. The van der Waals surface area contributed by atoms with Gasteiger partial charge in [0, 0.05) is 6.42 Å². The average Bonchev–Trinajstić information content (AvgIpc) is 3.29. The van der Waals surface area contributed by atoms with Crippen LogP contribution in [0.1, 0.15) is 129 Å². The highest BCUT2D eigenvalue weighted by molar-refractivity contribution is 5.77. The van der Waals surface area contributed by atoms with Crippen molar-refractivity contribution >= 4 is 5.91 Å². The molecule has 2 fully saturated rings. The van der Waals surface area contributed by atoms with Gasteiger partial charge in [-0.25, -0.2) is 0 Å². The van der Waals surface area contributed by atoms with Crippen LogP contribution in [0.15, 0.2) is 85.1 Å². The molecule has 0 aliphatic carbocycles. The normalized spacial score (nSPS) is 28.0. The van der Waals surface area contributed by atoms with Crippen LogP contribution < -0.4 is 5.32 Å². The van der Waals surface area contributed by atoms with E-state index in [-0.39, 0.29) is 18.9 Å². The average molecular weight is 906 g/mol. The van der Waals surface area contributed by atoms with Crippen molar-refractivity contribution in [3.05, 3.63) is 85.1 Å². The molecule has 0 aromatic heterocycles. The maximum atomic E-state index is 13.1. The second-order valence-corrected chi connectivity index (χ2v) is 16.5. The molecule has 12 unspecified atom stereocenters. The molecule has 0 spiro atoms. The minimum atomic E-state index is -1.80. The number of hydrogen-bond acceptors (Lipinski definition) is 13. The summed E-state index contributed by atoms with van der Waals surface area (Å²) in [6, 6.07) is -0.989. The molecule has 14 nitrogen and oxygen atoms in total. The Morgan fingerprint density at radius 2 is 1.09 bits per heavy atom. The molecule has 0 bridgehead atoms. The van der Waals surface area contributed by atoms with Crippen LogP contribution in [0, 0.1) is 0 Å². The summed E-state index contributed by atoms with van der Waals surface area (Å²) in [5.74, 6) is -0.381. The Balaban J connectivity index is 1.95.